The van der Waals surface area contributed by atoms with Crippen molar-refractivity contribution in [3.05, 3.63) is 12.3 Å². The Bertz CT molecular complexity index is 304. The summed E-state index contributed by atoms with van der Waals surface area (Å²) in [6.45, 7) is 11.2. The molecule has 4 bridgehead atoms. The largest absolute Gasteiger partial charge is 0.547 e. The van der Waals surface area contributed by atoms with E-state index in [1.165, 1.54) is 38.5 Å². The molecule has 0 atom stereocenters. The van der Waals surface area contributed by atoms with Gasteiger partial charge in [-0.15, -0.1) is 0 Å². The number of allylic oxidation sites excluding steroid dienone is 1. The topological polar surface area (TPSA) is 9.23 Å². The predicted octanol–water partition coefficient (Wildman–Crippen LogP) is 4.57. The quantitative estimate of drug-likeness (QED) is 0.527. The second-order valence-corrected chi connectivity index (χ2v) is 12.3. The molecular weight excluding hydrogens is 224 g/mol. The van der Waals surface area contributed by atoms with E-state index in [0.29, 0.717) is 5.41 Å². The fourth-order valence-electron chi connectivity index (χ4n) is 4.93. The molecule has 0 spiro atoms. The van der Waals surface area contributed by atoms with E-state index in [0.717, 1.165) is 23.5 Å². The summed E-state index contributed by atoms with van der Waals surface area (Å²) in [6, 6.07) is 0. The van der Waals surface area contributed by atoms with Crippen LogP contribution in [0.25, 0.3) is 0 Å². The lowest BCUT2D eigenvalue weighted by atomic mass is 9.49. The summed E-state index contributed by atoms with van der Waals surface area (Å²) in [7, 11) is -1.47. The minimum atomic E-state index is -1.47. The SMILES string of the molecule is C=C(O[Si](C)(C)C)C12CC3CC(CC(C3)C1)C2. The Hall–Kier alpha value is -0.243. The van der Waals surface area contributed by atoms with Gasteiger partial charge in [-0.3, -0.25) is 0 Å². The Balaban J connectivity index is 1.80. The normalized spacial score (nSPS) is 43.8. The molecule has 17 heavy (non-hydrogen) atoms. The highest BCUT2D eigenvalue weighted by Gasteiger charge is 2.53. The zero-order chi connectivity index (χ0) is 12.3. The molecule has 0 aliphatic heterocycles. The summed E-state index contributed by atoms with van der Waals surface area (Å²) >= 11 is 0. The predicted molar refractivity (Wildman–Crippen MR) is 74.2 cm³/mol. The van der Waals surface area contributed by atoms with Gasteiger partial charge in [-0.1, -0.05) is 6.58 Å². The van der Waals surface area contributed by atoms with Crippen LogP contribution in [0.3, 0.4) is 0 Å². The molecule has 0 radical (unpaired) electrons. The van der Waals surface area contributed by atoms with Crippen LogP contribution in [0.15, 0.2) is 12.3 Å². The Labute approximate surface area is 107 Å². The van der Waals surface area contributed by atoms with E-state index in [1.807, 2.05) is 0 Å². The summed E-state index contributed by atoms with van der Waals surface area (Å²) < 4.78 is 6.27. The molecule has 4 fully saturated rings. The summed E-state index contributed by atoms with van der Waals surface area (Å²) in [4.78, 5) is 0. The fraction of sp³-hybridized carbons (Fsp3) is 0.867. The first-order valence-corrected chi connectivity index (χ1v) is 10.7. The summed E-state index contributed by atoms with van der Waals surface area (Å²) in [5.74, 6) is 4.13. The molecule has 0 N–H and O–H groups in total. The molecular formula is C15H26OSi. The number of rotatable bonds is 3. The van der Waals surface area contributed by atoms with Crippen molar-refractivity contribution in [3.8, 4) is 0 Å². The van der Waals surface area contributed by atoms with Gasteiger partial charge in [-0.05, 0) is 75.9 Å². The van der Waals surface area contributed by atoms with Crippen molar-refractivity contribution in [3.63, 3.8) is 0 Å². The van der Waals surface area contributed by atoms with Gasteiger partial charge in [0, 0.05) is 5.41 Å². The lowest BCUT2D eigenvalue weighted by Gasteiger charge is -2.57. The molecule has 0 unspecified atom stereocenters. The molecule has 4 rings (SSSR count). The molecule has 96 valence electrons. The maximum Gasteiger partial charge on any atom is 0.241 e. The zero-order valence-electron chi connectivity index (χ0n) is 11.6. The van der Waals surface area contributed by atoms with Crippen molar-refractivity contribution in [2.24, 2.45) is 23.2 Å². The van der Waals surface area contributed by atoms with E-state index in [9.17, 15) is 0 Å². The van der Waals surface area contributed by atoms with Crippen molar-refractivity contribution in [1.82, 2.24) is 0 Å². The van der Waals surface area contributed by atoms with Gasteiger partial charge in [-0.25, -0.2) is 0 Å². The van der Waals surface area contributed by atoms with E-state index in [4.69, 9.17) is 4.43 Å². The lowest BCUT2D eigenvalue weighted by Crippen LogP contribution is -2.48. The monoisotopic (exact) mass is 250 g/mol. The highest BCUT2D eigenvalue weighted by atomic mass is 28.4. The van der Waals surface area contributed by atoms with Crippen LogP contribution in [0, 0.1) is 23.2 Å². The second-order valence-electron chi connectivity index (χ2n) is 7.84. The first-order valence-electron chi connectivity index (χ1n) is 7.25. The summed E-state index contributed by atoms with van der Waals surface area (Å²) in [5, 5.41) is 0. The summed E-state index contributed by atoms with van der Waals surface area (Å²) in [6.07, 6.45) is 8.63. The van der Waals surface area contributed by atoms with Crippen LogP contribution in [0.5, 0.6) is 0 Å². The lowest BCUT2D eigenvalue weighted by molar-refractivity contribution is -0.0479. The van der Waals surface area contributed by atoms with E-state index in [-0.39, 0.29) is 0 Å². The average Bonchev–Trinajstić information content (AvgIpc) is 2.12. The van der Waals surface area contributed by atoms with Crippen LogP contribution >= 0.6 is 0 Å². The Morgan fingerprint density at radius 2 is 1.41 bits per heavy atom. The second kappa shape index (κ2) is 3.63. The smallest absolute Gasteiger partial charge is 0.241 e. The third kappa shape index (κ3) is 2.09. The van der Waals surface area contributed by atoms with Crippen molar-refractivity contribution in [1.29, 1.82) is 0 Å². The van der Waals surface area contributed by atoms with Gasteiger partial charge in [0.1, 0.15) is 0 Å². The molecule has 0 saturated heterocycles. The van der Waals surface area contributed by atoms with Gasteiger partial charge in [0.25, 0.3) is 0 Å². The van der Waals surface area contributed by atoms with Crippen LogP contribution in [0.2, 0.25) is 19.6 Å². The van der Waals surface area contributed by atoms with Crippen molar-refractivity contribution in [2.45, 2.75) is 58.2 Å². The van der Waals surface area contributed by atoms with Gasteiger partial charge in [0.2, 0.25) is 8.32 Å². The molecule has 4 aliphatic carbocycles. The Morgan fingerprint density at radius 1 is 1.00 bits per heavy atom. The molecule has 0 amide bonds. The Kier molecular flexibility index (Phi) is 2.52. The molecule has 2 heteroatoms. The van der Waals surface area contributed by atoms with E-state index < -0.39 is 8.32 Å². The van der Waals surface area contributed by atoms with E-state index in [1.54, 1.807) is 0 Å². The van der Waals surface area contributed by atoms with Crippen LogP contribution in [-0.4, -0.2) is 8.32 Å². The van der Waals surface area contributed by atoms with Crippen molar-refractivity contribution in [2.75, 3.05) is 0 Å². The third-order valence-corrected chi connectivity index (χ3v) is 5.92. The first-order chi connectivity index (χ1) is 7.86. The third-order valence-electron chi connectivity index (χ3n) is 5.06. The minimum Gasteiger partial charge on any atom is -0.547 e. The minimum absolute atomic E-state index is 0.384. The summed E-state index contributed by atoms with van der Waals surface area (Å²) in [5.41, 5.74) is 0.384. The van der Waals surface area contributed by atoms with Crippen molar-refractivity contribution >= 4 is 8.32 Å². The van der Waals surface area contributed by atoms with Crippen LogP contribution < -0.4 is 0 Å². The van der Waals surface area contributed by atoms with Gasteiger partial charge in [-0.2, -0.15) is 0 Å². The molecule has 0 aromatic heterocycles. The van der Waals surface area contributed by atoms with Gasteiger partial charge in [0.15, 0.2) is 0 Å². The number of hydrogen-bond donors (Lipinski definition) is 0. The molecule has 0 aromatic rings. The molecule has 1 nitrogen and oxygen atoms in total. The maximum absolute atomic E-state index is 6.27. The van der Waals surface area contributed by atoms with Gasteiger partial charge in [0.05, 0.1) is 5.76 Å². The fourth-order valence-corrected chi connectivity index (χ4v) is 5.89. The number of hydrogen-bond acceptors (Lipinski definition) is 1. The van der Waals surface area contributed by atoms with Gasteiger partial charge < -0.3 is 4.43 Å². The highest BCUT2D eigenvalue weighted by Crippen LogP contribution is 2.62. The molecule has 0 heterocycles. The maximum atomic E-state index is 6.27. The first kappa shape index (κ1) is 11.8. The zero-order valence-corrected chi connectivity index (χ0v) is 12.6. The Morgan fingerprint density at radius 3 is 1.76 bits per heavy atom. The van der Waals surface area contributed by atoms with E-state index >= 15 is 0 Å². The molecule has 4 saturated carbocycles. The van der Waals surface area contributed by atoms with E-state index in [2.05, 4.69) is 26.2 Å². The van der Waals surface area contributed by atoms with Crippen LogP contribution in [0.4, 0.5) is 0 Å². The van der Waals surface area contributed by atoms with Crippen LogP contribution in [-0.2, 0) is 4.43 Å². The standard InChI is InChI=1S/C15H26OSi/c1-11(16-17(2,3)4)15-8-12-5-13(9-15)7-14(6-12)10-15/h12-14H,1,5-10H2,2-4H3. The van der Waals surface area contributed by atoms with Crippen molar-refractivity contribution < 1.29 is 4.43 Å². The molecule has 0 aromatic carbocycles. The van der Waals surface area contributed by atoms with Crippen LogP contribution in [0.1, 0.15) is 38.5 Å². The van der Waals surface area contributed by atoms with Gasteiger partial charge >= 0.3 is 0 Å². The molecule has 4 aliphatic rings. The highest BCUT2D eigenvalue weighted by molar-refractivity contribution is 6.70. The average molecular weight is 250 g/mol.